The van der Waals surface area contributed by atoms with E-state index in [9.17, 15) is 19.0 Å². The highest BCUT2D eigenvalue weighted by atomic mass is 31.2. The zero-order valence-corrected chi connectivity index (χ0v) is 15.7. The second-order valence-electron chi connectivity index (χ2n) is 6.90. The molecule has 0 fully saturated rings. The molecule has 138 valence electrons. The van der Waals surface area contributed by atoms with Crippen LogP contribution in [0.2, 0.25) is 0 Å². The fourth-order valence-electron chi connectivity index (χ4n) is 2.35. The van der Waals surface area contributed by atoms with Crippen molar-refractivity contribution in [2.45, 2.75) is 58.1 Å². The van der Waals surface area contributed by atoms with E-state index in [0.29, 0.717) is 0 Å². The summed E-state index contributed by atoms with van der Waals surface area (Å²) in [5, 5.41) is 9.22. The van der Waals surface area contributed by atoms with E-state index >= 15 is 0 Å². The molecule has 6 N–H and O–H groups in total. The first kappa shape index (κ1) is 22.7. The average Bonchev–Trinajstić information content (AvgIpc) is 2.23. The van der Waals surface area contributed by atoms with Crippen molar-refractivity contribution in [1.29, 1.82) is 0 Å². The molecule has 0 saturated carbocycles. The van der Waals surface area contributed by atoms with E-state index in [2.05, 4.69) is 5.32 Å². The minimum absolute atomic E-state index is 0.160. The highest BCUT2D eigenvalue weighted by molar-refractivity contribution is 7.72. The molecule has 0 heterocycles. The fourth-order valence-corrected chi connectivity index (χ4v) is 4.80. The van der Waals surface area contributed by atoms with E-state index < -0.39 is 38.2 Å². The van der Waals surface area contributed by atoms with Gasteiger partial charge in [-0.3, -0.25) is 13.9 Å². The van der Waals surface area contributed by atoms with Gasteiger partial charge in [-0.25, -0.2) is 0 Å². The summed E-state index contributed by atoms with van der Waals surface area (Å²) in [6.07, 6.45) is -0.643. The van der Waals surface area contributed by atoms with Crippen LogP contribution < -0.4 is 5.32 Å². The zero-order valence-electron chi connectivity index (χ0n) is 13.9. The normalized spacial score (nSPS) is 15.6. The van der Waals surface area contributed by atoms with Crippen molar-refractivity contribution in [3.8, 4) is 0 Å². The van der Waals surface area contributed by atoms with Gasteiger partial charge in [0, 0.05) is 17.9 Å². The standard InChI is InChI=1S/C12H27NO8P2/c1-8(2)10(14)13-11(4,5)6-9(3)7-12(15,22(16,17)18)23(19,20)21/h8-9,15H,6-7H2,1-5H3,(H,13,14)(H2,16,17,18)(H2,19,20,21). The van der Waals surface area contributed by atoms with Crippen LogP contribution in [-0.4, -0.2) is 41.2 Å². The van der Waals surface area contributed by atoms with Crippen molar-refractivity contribution in [2.24, 2.45) is 11.8 Å². The molecule has 0 saturated heterocycles. The minimum atomic E-state index is -5.47. The number of nitrogens with one attached hydrogen (secondary N) is 1. The van der Waals surface area contributed by atoms with Gasteiger partial charge in [0.2, 0.25) is 5.91 Å². The second kappa shape index (κ2) is 7.31. The van der Waals surface area contributed by atoms with Gasteiger partial charge in [0.25, 0.3) is 5.08 Å². The van der Waals surface area contributed by atoms with Gasteiger partial charge in [0.1, 0.15) is 0 Å². The molecule has 0 aromatic heterocycles. The van der Waals surface area contributed by atoms with Gasteiger partial charge in [-0.2, -0.15) is 0 Å². The monoisotopic (exact) mass is 375 g/mol. The van der Waals surface area contributed by atoms with E-state index in [4.69, 9.17) is 19.6 Å². The minimum Gasteiger partial charge on any atom is -0.368 e. The topological polar surface area (TPSA) is 164 Å². The number of rotatable bonds is 8. The van der Waals surface area contributed by atoms with Gasteiger partial charge >= 0.3 is 15.2 Å². The molecule has 1 unspecified atom stereocenters. The fraction of sp³-hybridized carbons (Fsp3) is 0.917. The molecule has 9 nitrogen and oxygen atoms in total. The Bertz CT molecular complexity index is 499. The lowest BCUT2D eigenvalue weighted by Crippen LogP contribution is -2.46. The average molecular weight is 375 g/mol. The molecule has 0 aliphatic rings. The van der Waals surface area contributed by atoms with Crippen LogP contribution in [0.25, 0.3) is 0 Å². The smallest absolute Gasteiger partial charge is 0.368 e. The first-order chi connectivity index (χ1) is 9.93. The van der Waals surface area contributed by atoms with Gasteiger partial charge in [-0.05, 0) is 26.2 Å². The maximum absolute atomic E-state index is 11.7. The molecular weight excluding hydrogens is 348 g/mol. The summed E-state index contributed by atoms with van der Waals surface area (Å²) in [5.74, 6) is -1.16. The Labute approximate surface area is 135 Å². The van der Waals surface area contributed by atoms with Crippen LogP contribution in [0.1, 0.15) is 47.5 Å². The van der Waals surface area contributed by atoms with Crippen LogP contribution in [-0.2, 0) is 13.9 Å². The molecule has 0 bridgehead atoms. The Kier molecular flexibility index (Phi) is 7.23. The Balaban J connectivity index is 5.19. The number of carbonyl (C=O) groups is 1. The predicted molar refractivity (Wildman–Crippen MR) is 84.5 cm³/mol. The lowest BCUT2D eigenvalue weighted by molar-refractivity contribution is -0.125. The Morgan fingerprint density at radius 2 is 1.39 bits per heavy atom. The molecule has 0 aromatic carbocycles. The summed E-state index contributed by atoms with van der Waals surface area (Å²) >= 11 is 0. The van der Waals surface area contributed by atoms with E-state index in [1.807, 2.05) is 0 Å². The summed E-state index contributed by atoms with van der Waals surface area (Å²) < 4.78 is 22.7. The quantitative estimate of drug-likeness (QED) is 0.341. The Hall–Kier alpha value is -0.270. The number of carbonyl (C=O) groups excluding carboxylic acids is 1. The first-order valence-corrected chi connectivity index (χ1v) is 10.3. The molecule has 1 atom stereocenters. The predicted octanol–water partition coefficient (Wildman–Crippen LogP) is 0.955. The van der Waals surface area contributed by atoms with Crippen molar-refractivity contribution < 1.29 is 38.6 Å². The van der Waals surface area contributed by atoms with E-state index in [1.54, 1.807) is 27.7 Å². The third-order valence-corrected chi connectivity index (χ3v) is 7.19. The third kappa shape index (κ3) is 6.27. The summed E-state index contributed by atoms with van der Waals surface area (Å²) in [6.45, 7) is 8.25. The van der Waals surface area contributed by atoms with Crippen LogP contribution in [0.5, 0.6) is 0 Å². The molecule has 0 aliphatic carbocycles. The molecule has 23 heavy (non-hydrogen) atoms. The van der Waals surface area contributed by atoms with Gasteiger partial charge in [0.15, 0.2) is 0 Å². The van der Waals surface area contributed by atoms with Crippen LogP contribution >= 0.6 is 15.2 Å². The van der Waals surface area contributed by atoms with Crippen molar-refractivity contribution in [1.82, 2.24) is 5.32 Å². The molecular formula is C12H27NO8P2. The van der Waals surface area contributed by atoms with Crippen molar-refractivity contribution in [3.63, 3.8) is 0 Å². The van der Waals surface area contributed by atoms with Crippen molar-refractivity contribution >= 4 is 21.1 Å². The largest absolute Gasteiger partial charge is 0.369 e. The van der Waals surface area contributed by atoms with Crippen LogP contribution in [0, 0.1) is 11.8 Å². The Morgan fingerprint density at radius 3 is 1.70 bits per heavy atom. The molecule has 1 amide bonds. The molecule has 11 heteroatoms. The number of hydrogen-bond acceptors (Lipinski definition) is 4. The molecule has 0 aromatic rings. The van der Waals surface area contributed by atoms with Gasteiger partial charge in [0.05, 0.1) is 0 Å². The van der Waals surface area contributed by atoms with Crippen molar-refractivity contribution in [3.05, 3.63) is 0 Å². The maximum atomic E-state index is 11.7. The van der Waals surface area contributed by atoms with Crippen LogP contribution in [0.15, 0.2) is 0 Å². The molecule has 0 rings (SSSR count). The lowest BCUT2D eigenvalue weighted by Gasteiger charge is -2.35. The van der Waals surface area contributed by atoms with Crippen molar-refractivity contribution in [2.75, 3.05) is 0 Å². The van der Waals surface area contributed by atoms with Crippen LogP contribution in [0.3, 0.4) is 0 Å². The summed E-state index contributed by atoms with van der Waals surface area (Å²) in [4.78, 5) is 48.3. The highest BCUT2D eigenvalue weighted by Crippen LogP contribution is 2.69. The van der Waals surface area contributed by atoms with E-state index in [1.165, 1.54) is 6.92 Å². The van der Waals surface area contributed by atoms with Gasteiger partial charge in [-0.15, -0.1) is 0 Å². The summed E-state index contributed by atoms with van der Waals surface area (Å²) in [6, 6.07) is 0. The highest BCUT2D eigenvalue weighted by Gasteiger charge is 2.59. The molecule has 0 spiro atoms. The lowest BCUT2D eigenvalue weighted by atomic mass is 9.89. The summed E-state index contributed by atoms with van der Waals surface area (Å²) in [5.41, 5.74) is -0.772. The molecule has 0 radical (unpaired) electrons. The van der Waals surface area contributed by atoms with Crippen LogP contribution in [0.4, 0.5) is 0 Å². The SMILES string of the molecule is CC(CC(C)(C)NC(=O)C(C)C)CC(O)(P(=O)(O)O)P(=O)(O)O. The number of amides is 1. The molecule has 0 aliphatic heterocycles. The zero-order chi connectivity index (χ0) is 18.9. The first-order valence-electron chi connectivity index (χ1n) is 7.08. The van der Waals surface area contributed by atoms with E-state index in [-0.39, 0.29) is 18.2 Å². The van der Waals surface area contributed by atoms with E-state index in [0.717, 1.165) is 0 Å². The second-order valence-corrected chi connectivity index (χ2v) is 10.9. The number of aliphatic hydroxyl groups is 1. The summed E-state index contributed by atoms with van der Waals surface area (Å²) in [7, 11) is -10.9. The van der Waals surface area contributed by atoms with Gasteiger partial charge < -0.3 is 30.0 Å². The van der Waals surface area contributed by atoms with Gasteiger partial charge in [-0.1, -0.05) is 20.8 Å². The Morgan fingerprint density at radius 1 is 1.00 bits per heavy atom. The third-order valence-electron chi connectivity index (χ3n) is 3.40. The maximum Gasteiger partial charge on any atom is 0.369 e. The number of hydrogen-bond donors (Lipinski definition) is 6.